The molecule has 0 bridgehead atoms. The summed E-state index contributed by atoms with van der Waals surface area (Å²) in [5.41, 5.74) is 6.59. The first-order chi connectivity index (χ1) is 10.0. The van der Waals surface area contributed by atoms with Crippen LogP contribution < -0.4 is 16.2 Å². The Bertz CT molecular complexity index is 499. The normalized spacial score (nSPS) is 14.7. The molecule has 0 aromatic heterocycles. The maximum absolute atomic E-state index is 12.8. The number of nitrogens with two attached hydrogens (primary N) is 2. The van der Waals surface area contributed by atoms with Crippen LogP contribution in [0.25, 0.3) is 0 Å². The van der Waals surface area contributed by atoms with E-state index in [-0.39, 0.29) is 12.1 Å². The number of nitrogens with one attached hydrogen (secondary N) is 1. The molecular weight excluding hydrogens is 296 g/mol. The molecule has 0 saturated heterocycles. The van der Waals surface area contributed by atoms with E-state index in [0.717, 1.165) is 22.7 Å². The van der Waals surface area contributed by atoms with Gasteiger partial charge in [0.25, 0.3) is 0 Å². The third-order valence-electron chi connectivity index (χ3n) is 3.02. The molecule has 0 heterocycles. The van der Waals surface area contributed by atoms with Crippen LogP contribution in [0.5, 0.6) is 0 Å². The SMILES string of the molecule is C/C(SN)=C(/N)C1CC1.O=CNCc1c(F)cccc1F. The maximum atomic E-state index is 12.8. The van der Waals surface area contributed by atoms with Crippen molar-refractivity contribution in [2.24, 2.45) is 16.8 Å². The molecule has 2 rings (SSSR count). The van der Waals surface area contributed by atoms with E-state index < -0.39 is 11.6 Å². The summed E-state index contributed by atoms with van der Waals surface area (Å²) in [7, 11) is 0. The van der Waals surface area contributed by atoms with Crippen LogP contribution in [-0.4, -0.2) is 6.41 Å². The predicted molar refractivity (Wildman–Crippen MR) is 80.7 cm³/mol. The number of allylic oxidation sites excluding steroid dienone is 2. The second kappa shape index (κ2) is 8.63. The Morgan fingerprint density at radius 3 is 2.43 bits per heavy atom. The van der Waals surface area contributed by atoms with Crippen molar-refractivity contribution >= 4 is 18.4 Å². The van der Waals surface area contributed by atoms with E-state index in [1.54, 1.807) is 0 Å². The lowest BCUT2D eigenvalue weighted by Gasteiger charge is -2.02. The number of amides is 1. The van der Waals surface area contributed by atoms with Gasteiger partial charge >= 0.3 is 0 Å². The average molecular weight is 315 g/mol. The third-order valence-corrected chi connectivity index (χ3v) is 3.61. The molecule has 0 unspecified atom stereocenters. The van der Waals surface area contributed by atoms with Gasteiger partial charge in [0, 0.05) is 22.7 Å². The van der Waals surface area contributed by atoms with Crippen molar-refractivity contribution in [2.75, 3.05) is 0 Å². The molecule has 0 spiro atoms. The molecule has 5 N–H and O–H groups in total. The number of halogens is 2. The van der Waals surface area contributed by atoms with E-state index in [9.17, 15) is 13.6 Å². The van der Waals surface area contributed by atoms with Crippen LogP contribution in [0.3, 0.4) is 0 Å². The van der Waals surface area contributed by atoms with Crippen molar-refractivity contribution in [3.05, 3.63) is 46.0 Å². The van der Waals surface area contributed by atoms with Gasteiger partial charge < -0.3 is 11.1 Å². The Kier molecular flexibility index (Phi) is 7.18. The molecule has 0 aliphatic heterocycles. The molecule has 4 nitrogen and oxygen atoms in total. The molecule has 1 amide bonds. The van der Waals surface area contributed by atoms with E-state index in [4.69, 9.17) is 10.9 Å². The van der Waals surface area contributed by atoms with Crippen LogP contribution in [-0.2, 0) is 11.3 Å². The summed E-state index contributed by atoms with van der Waals surface area (Å²) in [6, 6.07) is 3.56. The van der Waals surface area contributed by atoms with E-state index in [1.165, 1.54) is 30.9 Å². The molecule has 0 radical (unpaired) electrons. The van der Waals surface area contributed by atoms with Gasteiger partial charge in [-0.15, -0.1) is 0 Å². The van der Waals surface area contributed by atoms with Crippen molar-refractivity contribution in [1.29, 1.82) is 0 Å². The quantitative estimate of drug-likeness (QED) is 0.576. The Morgan fingerprint density at radius 1 is 1.43 bits per heavy atom. The van der Waals surface area contributed by atoms with E-state index in [0.29, 0.717) is 12.3 Å². The summed E-state index contributed by atoms with van der Waals surface area (Å²) < 4.78 is 25.6. The summed E-state index contributed by atoms with van der Waals surface area (Å²) in [4.78, 5) is 10.9. The molecule has 1 aromatic carbocycles. The van der Waals surface area contributed by atoms with Crippen molar-refractivity contribution in [3.63, 3.8) is 0 Å². The van der Waals surface area contributed by atoms with Gasteiger partial charge in [0.05, 0.1) is 0 Å². The minimum Gasteiger partial charge on any atom is -0.401 e. The Balaban J connectivity index is 0.000000219. The largest absolute Gasteiger partial charge is 0.401 e. The van der Waals surface area contributed by atoms with Gasteiger partial charge in [0.15, 0.2) is 0 Å². The average Bonchev–Trinajstić information content (AvgIpc) is 3.30. The lowest BCUT2D eigenvalue weighted by atomic mass is 10.2. The second-order valence-electron chi connectivity index (χ2n) is 4.60. The molecule has 7 heteroatoms. The van der Waals surface area contributed by atoms with Gasteiger partial charge in [0.1, 0.15) is 11.6 Å². The van der Waals surface area contributed by atoms with Crippen molar-refractivity contribution in [1.82, 2.24) is 5.32 Å². The fraction of sp³-hybridized carbons (Fsp3) is 0.357. The standard InChI is InChI=1S/C8H7F2NO.C6H12N2S/c9-7-2-1-3-8(10)6(7)4-11-5-12;1-4(9-8)6(7)5-2-3-5/h1-3,5H,4H2,(H,11,12);5H,2-3,7-8H2,1H3/b;6-4-. The predicted octanol–water partition coefficient (Wildman–Crippen LogP) is 2.40. The highest BCUT2D eigenvalue weighted by Gasteiger charge is 2.25. The minimum atomic E-state index is -0.649. The molecule has 116 valence electrons. The zero-order valence-electron chi connectivity index (χ0n) is 11.7. The van der Waals surface area contributed by atoms with E-state index in [2.05, 4.69) is 5.32 Å². The first-order valence-corrected chi connectivity index (χ1v) is 7.32. The highest BCUT2D eigenvalue weighted by molar-refractivity contribution is 8.00. The number of carbonyl (C=O) groups is 1. The van der Waals surface area contributed by atoms with Gasteiger partial charge in [0.2, 0.25) is 6.41 Å². The van der Waals surface area contributed by atoms with Gasteiger partial charge in [-0.25, -0.2) is 8.78 Å². The van der Waals surface area contributed by atoms with Crippen molar-refractivity contribution in [2.45, 2.75) is 26.3 Å². The summed E-state index contributed by atoms with van der Waals surface area (Å²) in [6.07, 6.45) is 2.90. The summed E-state index contributed by atoms with van der Waals surface area (Å²) in [6.45, 7) is 1.85. The van der Waals surface area contributed by atoms with Crippen molar-refractivity contribution in [3.8, 4) is 0 Å². The smallest absolute Gasteiger partial charge is 0.207 e. The number of rotatable bonds is 5. The number of carbonyl (C=O) groups excluding carboxylic acids is 1. The summed E-state index contributed by atoms with van der Waals surface area (Å²) in [5.74, 6) is -0.644. The summed E-state index contributed by atoms with van der Waals surface area (Å²) in [5, 5.41) is 7.50. The molecule has 1 saturated carbocycles. The van der Waals surface area contributed by atoms with Crippen LogP contribution >= 0.6 is 11.9 Å². The molecule has 1 fully saturated rings. The lowest BCUT2D eigenvalue weighted by molar-refractivity contribution is -0.109. The van der Waals surface area contributed by atoms with Crippen molar-refractivity contribution < 1.29 is 13.6 Å². The van der Waals surface area contributed by atoms with Gasteiger partial charge in [-0.1, -0.05) is 18.0 Å². The fourth-order valence-corrected chi connectivity index (χ4v) is 1.90. The van der Waals surface area contributed by atoms with Crippen LogP contribution in [0.15, 0.2) is 28.8 Å². The first-order valence-electron chi connectivity index (χ1n) is 6.44. The van der Waals surface area contributed by atoms with Gasteiger partial charge in [-0.05, 0) is 37.8 Å². The Labute approximate surface area is 127 Å². The molecule has 1 aliphatic rings. The maximum Gasteiger partial charge on any atom is 0.207 e. The Morgan fingerprint density at radius 2 is 2.00 bits per heavy atom. The fourth-order valence-electron chi connectivity index (χ4n) is 1.59. The van der Waals surface area contributed by atoms with Crippen LogP contribution in [0, 0.1) is 17.6 Å². The van der Waals surface area contributed by atoms with Gasteiger partial charge in [-0.3, -0.25) is 9.93 Å². The minimum absolute atomic E-state index is 0.121. The van der Waals surface area contributed by atoms with Gasteiger partial charge in [-0.2, -0.15) is 0 Å². The Hall–Kier alpha value is -1.60. The third kappa shape index (κ3) is 5.73. The van der Waals surface area contributed by atoms with E-state index in [1.807, 2.05) is 6.92 Å². The van der Waals surface area contributed by atoms with Crippen LogP contribution in [0.1, 0.15) is 25.3 Å². The number of hydrogen-bond donors (Lipinski definition) is 3. The molecule has 1 aromatic rings. The van der Waals surface area contributed by atoms with Crippen LogP contribution in [0.2, 0.25) is 0 Å². The van der Waals surface area contributed by atoms with Crippen LogP contribution in [0.4, 0.5) is 8.78 Å². The molecule has 0 atom stereocenters. The molecule has 21 heavy (non-hydrogen) atoms. The van der Waals surface area contributed by atoms with E-state index >= 15 is 0 Å². The monoisotopic (exact) mass is 315 g/mol. The zero-order valence-corrected chi connectivity index (χ0v) is 12.6. The molecular formula is C14H19F2N3OS. The summed E-state index contributed by atoms with van der Waals surface area (Å²) >= 11 is 1.26. The molecule has 1 aliphatic carbocycles. The highest BCUT2D eigenvalue weighted by atomic mass is 32.2. The number of hydrogen-bond acceptors (Lipinski definition) is 4. The first kappa shape index (κ1) is 17.5. The topological polar surface area (TPSA) is 81.1 Å². The number of benzene rings is 1. The lowest BCUT2D eigenvalue weighted by Crippen LogP contribution is -2.12. The second-order valence-corrected chi connectivity index (χ2v) is 5.45. The highest BCUT2D eigenvalue weighted by Crippen LogP contribution is 2.36. The zero-order chi connectivity index (χ0) is 15.8.